The standard InChI is InChI=1S/C21H24BrCl2N3O4S/c1-4-25-21(29)14(2)26(12-15-6-5-7-16(22)10-15)20(28)13-27(32(3,30)31)19-11-17(23)8-9-18(19)24/h5-11,14H,4,12-13H2,1-3H3,(H,25,29)/t14-/m1/s1. The molecule has 0 bridgehead atoms. The van der Waals surface area contributed by atoms with Crippen molar-refractivity contribution in [2.45, 2.75) is 26.4 Å². The fraction of sp³-hybridized carbons (Fsp3) is 0.333. The van der Waals surface area contributed by atoms with Gasteiger partial charge >= 0.3 is 0 Å². The lowest BCUT2D eigenvalue weighted by Gasteiger charge is -2.31. The molecule has 2 aromatic rings. The molecule has 2 aromatic carbocycles. The fourth-order valence-electron chi connectivity index (χ4n) is 3.01. The minimum absolute atomic E-state index is 0.0862. The average Bonchev–Trinajstić information content (AvgIpc) is 2.71. The largest absolute Gasteiger partial charge is 0.355 e. The third-order valence-electron chi connectivity index (χ3n) is 4.62. The second-order valence-corrected chi connectivity index (χ2v) is 10.8. The van der Waals surface area contributed by atoms with E-state index < -0.39 is 28.5 Å². The summed E-state index contributed by atoms with van der Waals surface area (Å²) in [5.74, 6) is -0.910. The summed E-state index contributed by atoms with van der Waals surface area (Å²) in [6.45, 7) is 3.33. The van der Waals surface area contributed by atoms with Gasteiger partial charge in [0.05, 0.1) is 17.0 Å². The molecule has 11 heteroatoms. The van der Waals surface area contributed by atoms with E-state index in [0.29, 0.717) is 6.54 Å². The van der Waals surface area contributed by atoms with Gasteiger partial charge in [-0.3, -0.25) is 13.9 Å². The van der Waals surface area contributed by atoms with Crippen molar-refractivity contribution in [2.24, 2.45) is 0 Å². The number of nitrogens with one attached hydrogen (secondary N) is 1. The zero-order chi connectivity index (χ0) is 24.1. The minimum Gasteiger partial charge on any atom is -0.355 e. The molecule has 0 saturated carbocycles. The maximum atomic E-state index is 13.4. The number of anilines is 1. The van der Waals surface area contributed by atoms with E-state index in [0.717, 1.165) is 20.6 Å². The average molecular weight is 565 g/mol. The number of halogens is 3. The molecule has 2 rings (SSSR count). The molecule has 0 heterocycles. The molecular formula is C21H24BrCl2N3O4S. The summed E-state index contributed by atoms with van der Waals surface area (Å²) in [5, 5.41) is 3.10. The van der Waals surface area contributed by atoms with Crippen LogP contribution in [-0.2, 0) is 26.2 Å². The van der Waals surface area contributed by atoms with Crippen LogP contribution < -0.4 is 9.62 Å². The molecule has 7 nitrogen and oxygen atoms in total. The third kappa shape index (κ3) is 7.10. The first-order valence-corrected chi connectivity index (χ1v) is 13.1. The van der Waals surface area contributed by atoms with E-state index in [-0.39, 0.29) is 28.2 Å². The number of likely N-dealkylation sites (N-methyl/N-ethyl adjacent to an activating group) is 1. The van der Waals surface area contributed by atoms with Crippen molar-refractivity contribution in [2.75, 3.05) is 23.7 Å². The molecule has 32 heavy (non-hydrogen) atoms. The normalized spacial score (nSPS) is 12.2. The van der Waals surface area contributed by atoms with Gasteiger partial charge < -0.3 is 10.2 Å². The van der Waals surface area contributed by atoms with E-state index in [1.54, 1.807) is 13.8 Å². The van der Waals surface area contributed by atoms with Crippen LogP contribution in [0.5, 0.6) is 0 Å². The van der Waals surface area contributed by atoms with Gasteiger partial charge in [-0.25, -0.2) is 8.42 Å². The second kappa shape index (κ2) is 11.4. The van der Waals surface area contributed by atoms with Gasteiger partial charge in [0, 0.05) is 22.6 Å². The number of benzene rings is 2. The summed E-state index contributed by atoms with van der Waals surface area (Å²) in [6, 6.07) is 10.8. The molecule has 0 saturated heterocycles. The molecule has 174 valence electrons. The van der Waals surface area contributed by atoms with Gasteiger partial charge in [0.2, 0.25) is 21.8 Å². The Hall–Kier alpha value is -1.81. The number of nitrogens with zero attached hydrogens (tertiary/aromatic N) is 2. The van der Waals surface area contributed by atoms with Gasteiger partial charge in [-0.1, -0.05) is 51.3 Å². The van der Waals surface area contributed by atoms with Crippen LogP contribution in [0.1, 0.15) is 19.4 Å². The first-order valence-electron chi connectivity index (χ1n) is 9.68. The van der Waals surface area contributed by atoms with Crippen LogP contribution in [0.4, 0.5) is 5.69 Å². The van der Waals surface area contributed by atoms with E-state index in [4.69, 9.17) is 23.2 Å². The summed E-state index contributed by atoms with van der Waals surface area (Å²) >= 11 is 15.6. The second-order valence-electron chi connectivity index (χ2n) is 7.09. The van der Waals surface area contributed by atoms with Crippen molar-refractivity contribution in [1.82, 2.24) is 10.2 Å². The lowest BCUT2D eigenvalue weighted by atomic mass is 10.1. The highest BCUT2D eigenvalue weighted by molar-refractivity contribution is 9.10. The molecule has 1 atom stereocenters. The van der Waals surface area contributed by atoms with E-state index in [1.165, 1.54) is 23.1 Å². The van der Waals surface area contributed by atoms with Crippen molar-refractivity contribution in [3.8, 4) is 0 Å². The maximum absolute atomic E-state index is 13.4. The SMILES string of the molecule is CCNC(=O)[C@@H](C)N(Cc1cccc(Br)c1)C(=O)CN(c1cc(Cl)ccc1Cl)S(C)(=O)=O. The smallest absolute Gasteiger partial charge is 0.244 e. The lowest BCUT2D eigenvalue weighted by Crippen LogP contribution is -2.51. The summed E-state index contributed by atoms with van der Waals surface area (Å²) in [7, 11) is -3.89. The molecule has 0 unspecified atom stereocenters. The Morgan fingerprint density at radius 1 is 1.16 bits per heavy atom. The molecule has 0 aliphatic rings. The van der Waals surface area contributed by atoms with Crippen molar-refractivity contribution in [3.05, 3.63) is 62.5 Å². The molecule has 0 spiro atoms. The first kappa shape index (κ1) is 26.4. The van der Waals surface area contributed by atoms with E-state index >= 15 is 0 Å². The topological polar surface area (TPSA) is 86.8 Å². The Labute approximate surface area is 206 Å². The van der Waals surface area contributed by atoms with Crippen molar-refractivity contribution >= 4 is 66.7 Å². The minimum atomic E-state index is -3.89. The van der Waals surface area contributed by atoms with Crippen LogP contribution in [0.15, 0.2) is 46.9 Å². The zero-order valence-electron chi connectivity index (χ0n) is 17.8. The number of amides is 2. The Balaban J connectivity index is 2.43. The van der Waals surface area contributed by atoms with Crippen LogP contribution in [0.25, 0.3) is 0 Å². The number of rotatable bonds is 9. The monoisotopic (exact) mass is 563 g/mol. The van der Waals surface area contributed by atoms with Gasteiger partial charge in [0.15, 0.2) is 0 Å². The lowest BCUT2D eigenvalue weighted by molar-refractivity contribution is -0.139. The van der Waals surface area contributed by atoms with Gasteiger partial charge in [0.1, 0.15) is 12.6 Å². The van der Waals surface area contributed by atoms with E-state index in [2.05, 4.69) is 21.2 Å². The summed E-state index contributed by atoms with van der Waals surface area (Å²) in [5.41, 5.74) is 0.860. The number of hydrogen-bond acceptors (Lipinski definition) is 4. The summed E-state index contributed by atoms with van der Waals surface area (Å²) in [4.78, 5) is 27.2. The van der Waals surface area contributed by atoms with Crippen molar-refractivity contribution in [3.63, 3.8) is 0 Å². The van der Waals surface area contributed by atoms with Gasteiger partial charge in [-0.2, -0.15) is 0 Å². The van der Waals surface area contributed by atoms with E-state index in [9.17, 15) is 18.0 Å². The van der Waals surface area contributed by atoms with E-state index in [1.807, 2.05) is 24.3 Å². The Bertz CT molecular complexity index is 1100. The predicted octanol–water partition coefficient (Wildman–Crippen LogP) is 4.08. The zero-order valence-corrected chi connectivity index (χ0v) is 21.7. The molecule has 0 radical (unpaired) electrons. The molecule has 1 N–H and O–H groups in total. The van der Waals surface area contributed by atoms with Crippen LogP contribution in [0, 0.1) is 0 Å². The van der Waals surface area contributed by atoms with Gasteiger partial charge in [0.25, 0.3) is 0 Å². The van der Waals surface area contributed by atoms with Crippen LogP contribution in [-0.4, -0.2) is 50.5 Å². The number of hydrogen-bond donors (Lipinski definition) is 1. The quantitative estimate of drug-likeness (QED) is 0.497. The summed E-state index contributed by atoms with van der Waals surface area (Å²) < 4.78 is 26.8. The number of sulfonamides is 1. The van der Waals surface area contributed by atoms with Crippen molar-refractivity contribution in [1.29, 1.82) is 0 Å². The molecule has 0 fully saturated rings. The Morgan fingerprint density at radius 2 is 1.84 bits per heavy atom. The highest BCUT2D eigenvalue weighted by Gasteiger charge is 2.30. The Kier molecular flexibility index (Phi) is 9.39. The highest BCUT2D eigenvalue weighted by Crippen LogP contribution is 2.31. The molecule has 2 amide bonds. The van der Waals surface area contributed by atoms with Crippen LogP contribution in [0.3, 0.4) is 0 Å². The summed E-state index contributed by atoms with van der Waals surface area (Å²) in [6.07, 6.45) is 0.976. The highest BCUT2D eigenvalue weighted by atomic mass is 79.9. The van der Waals surface area contributed by atoms with Crippen molar-refractivity contribution < 1.29 is 18.0 Å². The Morgan fingerprint density at radius 3 is 2.44 bits per heavy atom. The van der Waals surface area contributed by atoms with Gasteiger partial charge in [-0.05, 0) is 49.7 Å². The van der Waals surface area contributed by atoms with Crippen LogP contribution in [0.2, 0.25) is 10.0 Å². The predicted molar refractivity (Wildman–Crippen MR) is 131 cm³/mol. The molecule has 0 aliphatic heterocycles. The molecular weight excluding hydrogens is 541 g/mol. The number of carbonyl (C=O) groups is 2. The maximum Gasteiger partial charge on any atom is 0.244 e. The van der Waals surface area contributed by atoms with Crippen LogP contribution >= 0.6 is 39.1 Å². The molecule has 0 aromatic heterocycles. The third-order valence-corrected chi connectivity index (χ3v) is 6.79. The van der Waals surface area contributed by atoms with Gasteiger partial charge in [-0.15, -0.1) is 0 Å². The molecule has 0 aliphatic carbocycles. The first-order chi connectivity index (χ1) is 14.9. The number of carbonyl (C=O) groups excluding carboxylic acids is 2. The fourth-order valence-corrected chi connectivity index (χ4v) is 4.74.